The van der Waals surface area contributed by atoms with E-state index in [4.69, 9.17) is 4.42 Å². The first-order valence-electron chi connectivity index (χ1n) is 8.84. The molecular weight excluding hydrogens is 415 g/mol. The number of halogens is 3. The lowest BCUT2D eigenvalue weighted by Crippen LogP contribution is -2.27. The first kappa shape index (κ1) is 20.0. The van der Waals surface area contributed by atoms with Crippen LogP contribution in [-0.4, -0.2) is 11.1 Å². The van der Waals surface area contributed by atoms with E-state index in [1.54, 1.807) is 18.2 Å². The van der Waals surface area contributed by atoms with Gasteiger partial charge in [-0.2, -0.15) is 13.2 Å². The number of furan rings is 1. The number of hydrogen-bond acceptors (Lipinski definition) is 4. The largest absolute Gasteiger partial charge is 0.457 e. The molecule has 1 aromatic heterocycles. The maximum absolute atomic E-state index is 12.9. The lowest BCUT2D eigenvalue weighted by atomic mass is 10.1. The molecule has 152 valence electrons. The summed E-state index contributed by atoms with van der Waals surface area (Å²) in [5, 5.41) is -0.429. The molecule has 2 aromatic carbocycles. The van der Waals surface area contributed by atoms with Gasteiger partial charge in [-0.05, 0) is 60.6 Å². The van der Waals surface area contributed by atoms with Gasteiger partial charge in [0.2, 0.25) is 0 Å². The Hall–Kier alpha value is -3.26. The second-order valence-electron chi connectivity index (χ2n) is 6.64. The first-order chi connectivity index (χ1) is 14.2. The molecule has 0 radical (unpaired) electrons. The highest BCUT2D eigenvalue weighted by Crippen LogP contribution is 2.37. The predicted molar refractivity (Wildman–Crippen MR) is 109 cm³/mol. The molecule has 1 aliphatic heterocycles. The molecule has 0 unspecified atom stereocenters. The zero-order valence-corrected chi connectivity index (χ0v) is 16.4. The van der Waals surface area contributed by atoms with Gasteiger partial charge in [-0.15, -0.1) is 0 Å². The van der Waals surface area contributed by atoms with E-state index in [0.717, 1.165) is 34.4 Å². The van der Waals surface area contributed by atoms with E-state index in [0.29, 0.717) is 5.69 Å². The maximum atomic E-state index is 12.9. The second kappa shape index (κ2) is 7.53. The number of carbonyl (C=O) groups is 2. The molecule has 0 atom stereocenters. The summed E-state index contributed by atoms with van der Waals surface area (Å²) in [6.07, 6.45) is -3.04. The molecule has 0 N–H and O–H groups in total. The average Bonchev–Trinajstić information content (AvgIpc) is 3.26. The summed E-state index contributed by atoms with van der Waals surface area (Å²) in [7, 11) is 0. The smallest absolute Gasteiger partial charge is 0.416 e. The third kappa shape index (κ3) is 3.91. The van der Waals surface area contributed by atoms with E-state index < -0.39 is 22.9 Å². The van der Waals surface area contributed by atoms with E-state index in [-0.39, 0.29) is 22.0 Å². The molecule has 30 heavy (non-hydrogen) atoms. The Balaban J connectivity index is 1.61. The molecule has 3 aromatic rings. The number of thioether (sulfide) groups is 1. The van der Waals surface area contributed by atoms with Gasteiger partial charge in [0.05, 0.1) is 16.2 Å². The Bertz CT molecular complexity index is 1180. The summed E-state index contributed by atoms with van der Waals surface area (Å²) >= 11 is 0.778. The number of rotatable bonds is 3. The number of hydrogen-bond donors (Lipinski definition) is 0. The number of aryl methyl sites for hydroxylation is 1. The molecule has 0 spiro atoms. The predicted octanol–water partition coefficient (Wildman–Crippen LogP) is 6.51. The molecule has 1 fully saturated rings. The molecule has 0 saturated carbocycles. The van der Waals surface area contributed by atoms with Gasteiger partial charge < -0.3 is 4.42 Å². The fourth-order valence-electron chi connectivity index (χ4n) is 3.02. The van der Waals surface area contributed by atoms with Crippen LogP contribution in [0.2, 0.25) is 0 Å². The topological polar surface area (TPSA) is 50.5 Å². The van der Waals surface area contributed by atoms with Crippen LogP contribution < -0.4 is 4.90 Å². The lowest BCUT2D eigenvalue weighted by molar-refractivity contribution is -0.137. The van der Waals surface area contributed by atoms with Crippen molar-refractivity contribution in [3.05, 3.63) is 82.5 Å². The second-order valence-corrected chi connectivity index (χ2v) is 7.63. The van der Waals surface area contributed by atoms with E-state index in [9.17, 15) is 22.8 Å². The zero-order chi connectivity index (χ0) is 21.5. The summed E-state index contributed by atoms with van der Waals surface area (Å²) in [5.41, 5.74) is 0.867. The molecular formula is C22H14F3NO3S. The normalized spacial score (nSPS) is 16.0. The molecule has 1 saturated heterocycles. The van der Waals surface area contributed by atoms with Crippen LogP contribution in [0.4, 0.5) is 23.7 Å². The fourth-order valence-corrected chi connectivity index (χ4v) is 3.84. The van der Waals surface area contributed by atoms with Gasteiger partial charge in [-0.1, -0.05) is 24.3 Å². The number of benzene rings is 2. The SMILES string of the molecule is Cc1cccc(N2C(=O)S/C(=C\c3ccc(-c4cccc(C(F)(F)F)c4)o3)C2=O)c1. The molecule has 4 nitrogen and oxygen atoms in total. The zero-order valence-electron chi connectivity index (χ0n) is 15.6. The van der Waals surface area contributed by atoms with Crippen LogP contribution >= 0.6 is 11.8 Å². The van der Waals surface area contributed by atoms with E-state index in [1.165, 1.54) is 30.3 Å². The van der Waals surface area contributed by atoms with Crippen molar-refractivity contribution in [2.24, 2.45) is 0 Å². The quantitative estimate of drug-likeness (QED) is 0.445. The van der Waals surface area contributed by atoms with Crippen molar-refractivity contribution in [1.29, 1.82) is 0 Å². The summed E-state index contributed by atoms with van der Waals surface area (Å²) in [6, 6.07) is 14.9. The monoisotopic (exact) mass is 429 g/mol. The van der Waals surface area contributed by atoms with Gasteiger partial charge in [-0.3, -0.25) is 9.59 Å². The fraction of sp³-hybridized carbons (Fsp3) is 0.0909. The Morgan fingerprint density at radius 2 is 1.77 bits per heavy atom. The van der Waals surface area contributed by atoms with Crippen LogP contribution in [0.15, 0.2) is 70.0 Å². The molecule has 4 rings (SSSR count). The van der Waals surface area contributed by atoms with Gasteiger partial charge in [0.15, 0.2) is 0 Å². The highest BCUT2D eigenvalue weighted by molar-refractivity contribution is 8.19. The Morgan fingerprint density at radius 3 is 2.50 bits per heavy atom. The minimum absolute atomic E-state index is 0.173. The summed E-state index contributed by atoms with van der Waals surface area (Å²) in [6.45, 7) is 1.86. The Morgan fingerprint density at radius 1 is 1.00 bits per heavy atom. The summed E-state index contributed by atoms with van der Waals surface area (Å²) in [4.78, 5) is 26.3. The van der Waals surface area contributed by atoms with Gasteiger partial charge in [0.25, 0.3) is 11.1 Å². The van der Waals surface area contributed by atoms with Crippen LogP contribution in [0, 0.1) is 6.92 Å². The van der Waals surface area contributed by atoms with E-state index >= 15 is 0 Å². The maximum Gasteiger partial charge on any atom is 0.416 e. The van der Waals surface area contributed by atoms with Crippen LogP contribution in [0.3, 0.4) is 0 Å². The third-order valence-corrected chi connectivity index (χ3v) is 5.30. The lowest BCUT2D eigenvalue weighted by Gasteiger charge is -2.12. The van der Waals surface area contributed by atoms with Crippen molar-refractivity contribution in [1.82, 2.24) is 0 Å². The highest BCUT2D eigenvalue weighted by atomic mass is 32.2. The minimum atomic E-state index is -4.46. The number of alkyl halides is 3. The molecule has 2 heterocycles. The standard InChI is InChI=1S/C22H14F3NO3S/c1-13-4-2-7-16(10-13)26-20(27)19(30-21(26)28)12-17-8-9-18(29-17)14-5-3-6-15(11-14)22(23,24)25/h2-12H,1H3/b19-12-. The molecule has 2 amide bonds. The Kier molecular flexibility index (Phi) is 5.03. The van der Waals surface area contributed by atoms with Crippen molar-refractivity contribution in [3.8, 4) is 11.3 Å². The van der Waals surface area contributed by atoms with E-state index in [1.807, 2.05) is 13.0 Å². The van der Waals surface area contributed by atoms with Crippen molar-refractivity contribution >= 4 is 34.7 Å². The average molecular weight is 429 g/mol. The number of imide groups is 1. The van der Waals surface area contributed by atoms with Gasteiger partial charge in [0.1, 0.15) is 11.5 Å². The van der Waals surface area contributed by atoms with E-state index in [2.05, 4.69) is 0 Å². The number of nitrogens with zero attached hydrogens (tertiary/aromatic N) is 1. The van der Waals surface area contributed by atoms with Crippen LogP contribution in [-0.2, 0) is 11.0 Å². The van der Waals surface area contributed by atoms with Crippen molar-refractivity contribution in [2.75, 3.05) is 4.90 Å². The Labute approximate surface area is 174 Å². The number of amides is 2. The van der Waals surface area contributed by atoms with Crippen LogP contribution in [0.25, 0.3) is 17.4 Å². The van der Waals surface area contributed by atoms with Gasteiger partial charge in [-0.25, -0.2) is 4.90 Å². The molecule has 0 bridgehead atoms. The van der Waals surface area contributed by atoms with Crippen molar-refractivity contribution in [2.45, 2.75) is 13.1 Å². The number of carbonyl (C=O) groups excluding carboxylic acids is 2. The van der Waals surface area contributed by atoms with Crippen LogP contribution in [0.5, 0.6) is 0 Å². The molecule has 8 heteroatoms. The van der Waals surface area contributed by atoms with Gasteiger partial charge in [0, 0.05) is 11.6 Å². The number of anilines is 1. The molecule has 1 aliphatic rings. The molecule has 0 aliphatic carbocycles. The van der Waals surface area contributed by atoms with Crippen molar-refractivity contribution in [3.63, 3.8) is 0 Å². The summed E-state index contributed by atoms with van der Waals surface area (Å²) < 4.78 is 44.4. The summed E-state index contributed by atoms with van der Waals surface area (Å²) in [5.74, 6) is 0.00929. The van der Waals surface area contributed by atoms with Crippen LogP contribution in [0.1, 0.15) is 16.9 Å². The third-order valence-electron chi connectivity index (χ3n) is 4.43. The van der Waals surface area contributed by atoms with Gasteiger partial charge >= 0.3 is 6.18 Å². The highest BCUT2D eigenvalue weighted by Gasteiger charge is 2.36. The minimum Gasteiger partial charge on any atom is -0.457 e. The first-order valence-corrected chi connectivity index (χ1v) is 9.66. The van der Waals surface area contributed by atoms with Crippen molar-refractivity contribution < 1.29 is 27.2 Å².